The molecular formula is C26H26N4O2. The van der Waals surface area contributed by atoms with Crippen LogP contribution in [0, 0.1) is 20.8 Å². The summed E-state index contributed by atoms with van der Waals surface area (Å²) in [4.78, 5) is 38.9. The van der Waals surface area contributed by atoms with Crippen molar-refractivity contribution < 1.29 is 4.79 Å². The van der Waals surface area contributed by atoms with E-state index in [0.29, 0.717) is 18.5 Å². The van der Waals surface area contributed by atoms with E-state index < -0.39 is 0 Å². The van der Waals surface area contributed by atoms with Crippen molar-refractivity contribution in [2.75, 3.05) is 6.54 Å². The quantitative estimate of drug-likeness (QED) is 0.503. The number of benzene rings is 2. The van der Waals surface area contributed by atoms with Gasteiger partial charge in [0.1, 0.15) is 5.69 Å². The Kier molecular flexibility index (Phi) is 6.12. The molecule has 0 aliphatic heterocycles. The third-order valence-electron chi connectivity index (χ3n) is 5.72. The lowest BCUT2D eigenvalue weighted by Crippen LogP contribution is -2.35. The minimum atomic E-state index is -0.245. The van der Waals surface area contributed by atoms with Gasteiger partial charge in [-0.1, -0.05) is 29.8 Å². The molecule has 162 valence electrons. The van der Waals surface area contributed by atoms with Gasteiger partial charge in [0.2, 0.25) is 0 Å². The first-order chi connectivity index (χ1) is 15.4. The van der Waals surface area contributed by atoms with Crippen LogP contribution >= 0.6 is 0 Å². The maximum absolute atomic E-state index is 13.2. The van der Waals surface area contributed by atoms with Gasteiger partial charge in [0.05, 0.1) is 12.7 Å². The first-order valence-electron chi connectivity index (χ1n) is 10.6. The fourth-order valence-corrected chi connectivity index (χ4v) is 3.80. The molecule has 0 saturated carbocycles. The van der Waals surface area contributed by atoms with Crippen LogP contribution in [-0.2, 0) is 13.0 Å². The van der Waals surface area contributed by atoms with Crippen molar-refractivity contribution in [3.8, 4) is 0 Å². The molecule has 2 aromatic heterocycles. The Hall–Kier alpha value is -3.80. The molecule has 6 heteroatoms. The third-order valence-corrected chi connectivity index (χ3v) is 5.72. The minimum Gasteiger partial charge on any atom is -0.332 e. The molecule has 0 bridgehead atoms. The number of nitrogens with one attached hydrogen (secondary N) is 1. The molecule has 2 heterocycles. The second-order valence-corrected chi connectivity index (χ2v) is 8.20. The van der Waals surface area contributed by atoms with Gasteiger partial charge in [-0.25, -0.2) is 4.98 Å². The van der Waals surface area contributed by atoms with Gasteiger partial charge in [0.25, 0.3) is 11.5 Å². The van der Waals surface area contributed by atoms with E-state index in [1.54, 1.807) is 4.90 Å². The fourth-order valence-electron chi connectivity index (χ4n) is 3.80. The van der Waals surface area contributed by atoms with Crippen LogP contribution in [0.25, 0.3) is 10.9 Å². The summed E-state index contributed by atoms with van der Waals surface area (Å²) in [6, 6.07) is 14.1. The molecule has 4 rings (SSSR count). The average molecular weight is 427 g/mol. The molecule has 0 aliphatic carbocycles. The summed E-state index contributed by atoms with van der Waals surface area (Å²) in [6.07, 6.45) is 5.17. The summed E-state index contributed by atoms with van der Waals surface area (Å²) in [5.41, 5.74) is 6.01. The van der Waals surface area contributed by atoms with Crippen molar-refractivity contribution >= 4 is 16.8 Å². The summed E-state index contributed by atoms with van der Waals surface area (Å²) in [7, 11) is 0. The number of nitrogens with zero attached hydrogens (tertiary/aromatic N) is 3. The number of rotatable bonds is 6. The predicted molar refractivity (Wildman–Crippen MR) is 126 cm³/mol. The Morgan fingerprint density at radius 1 is 1.03 bits per heavy atom. The molecule has 0 atom stereocenters. The number of carbonyl (C=O) groups excluding carboxylic acids is 1. The highest BCUT2D eigenvalue weighted by molar-refractivity contribution is 5.92. The predicted octanol–water partition coefficient (Wildman–Crippen LogP) is 4.13. The van der Waals surface area contributed by atoms with E-state index >= 15 is 0 Å². The molecule has 0 radical (unpaired) electrons. The summed E-state index contributed by atoms with van der Waals surface area (Å²) in [5, 5.41) is 0.952. The summed E-state index contributed by atoms with van der Waals surface area (Å²) in [5.74, 6) is -0.245. The zero-order valence-corrected chi connectivity index (χ0v) is 18.6. The molecule has 0 spiro atoms. The van der Waals surface area contributed by atoms with E-state index in [-0.39, 0.29) is 23.7 Å². The van der Waals surface area contributed by atoms with Crippen LogP contribution in [0.2, 0.25) is 0 Å². The second-order valence-electron chi connectivity index (χ2n) is 8.20. The number of pyridine rings is 1. The number of carbonyl (C=O) groups is 1. The first kappa shape index (κ1) is 21.4. The number of hydrogen-bond acceptors (Lipinski definition) is 4. The van der Waals surface area contributed by atoms with Crippen LogP contribution in [0.3, 0.4) is 0 Å². The lowest BCUT2D eigenvalue weighted by molar-refractivity contribution is 0.0738. The highest BCUT2D eigenvalue weighted by Crippen LogP contribution is 2.18. The van der Waals surface area contributed by atoms with Gasteiger partial charge in [-0.15, -0.1) is 0 Å². The SMILES string of the molecule is Cc1cccc(CCN(Cc2cc3cc(C)c(C)cc3[nH]c2=O)C(=O)c2cnccn2)c1. The summed E-state index contributed by atoms with van der Waals surface area (Å²) in [6.45, 7) is 6.77. The van der Waals surface area contributed by atoms with Gasteiger partial charge >= 0.3 is 0 Å². The maximum Gasteiger partial charge on any atom is 0.274 e. The largest absolute Gasteiger partial charge is 0.332 e. The van der Waals surface area contributed by atoms with Crippen molar-refractivity contribution in [1.82, 2.24) is 19.9 Å². The van der Waals surface area contributed by atoms with Crippen LogP contribution in [0.4, 0.5) is 0 Å². The second kappa shape index (κ2) is 9.14. The zero-order valence-electron chi connectivity index (χ0n) is 18.6. The van der Waals surface area contributed by atoms with Crippen LogP contribution in [-0.4, -0.2) is 32.3 Å². The Morgan fingerprint density at radius 3 is 2.59 bits per heavy atom. The number of amides is 1. The highest BCUT2D eigenvalue weighted by Gasteiger charge is 2.19. The Balaban J connectivity index is 1.66. The zero-order chi connectivity index (χ0) is 22.7. The minimum absolute atomic E-state index is 0.187. The molecule has 0 unspecified atom stereocenters. The van der Waals surface area contributed by atoms with Crippen LogP contribution in [0.5, 0.6) is 0 Å². The van der Waals surface area contributed by atoms with Crippen molar-refractivity contribution in [3.05, 3.63) is 105 Å². The standard InChI is InChI=1S/C26H26N4O2/c1-17-5-4-6-20(11-17)7-10-30(26(32)24-15-27-8-9-28-24)16-22-14-21-12-18(2)19(3)13-23(21)29-25(22)31/h4-6,8-9,11-15H,7,10,16H2,1-3H3,(H,29,31). The van der Waals surface area contributed by atoms with Gasteiger partial charge in [0.15, 0.2) is 0 Å². The lowest BCUT2D eigenvalue weighted by Gasteiger charge is -2.22. The fraction of sp³-hybridized carbons (Fsp3) is 0.231. The molecular weight excluding hydrogens is 400 g/mol. The third kappa shape index (κ3) is 4.75. The smallest absolute Gasteiger partial charge is 0.274 e. The number of hydrogen-bond donors (Lipinski definition) is 1. The van der Waals surface area contributed by atoms with Gasteiger partial charge in [-0.3, -0.25) is 14.6 Å². The number of fused-ring (bicyclic) bond motifs is 1. The lowest BCUT2D eigenvalue weighted by atomic mass is 10.0. The molecule has 0 saturated heterocycles. The van der Waals surface area contributed by atoms with Crippen molar-refractivity contribution in [2.24, 2.45) is 0 Å². The molecule has 2 aromatic carbocycles. The van der Waals surface area contributed by atoms with E-state index in [2.05, 4.69) is 27.1 Å². The summed E-state index contributed by atoms with van der Waals surface area (Å²) >= 11 is 0. The van der Waals surface area contributed by atoms with E-state index in [4.69, 9.17) is 0 Å². The first-order valence-corrected chi connectivity index (χ1v) is 10.6. The van der Waals surface area contributed by atoms with Crippen LogP contribution in [0.1, 0.15) is 38.3 Å². The van der Waals surface area contributed by atoms with E-state index in [1.807, 2.05) is 51.1 Å². The monoisotopic (exact) mass is 426 g/mol. The van der Waals surface area contributed by atoms with Crippen molar-refractivity contribution in [1.29, 1.82) is 0 Å². The van der Waals surface area contributed by atoms with Gasteiger partial charge in [-0.05, 0) is 67.5 Å². The molecule has 1 amide bonds. The van der Waals surface area contributed by atoms with E-state index in [0.717, 1.165) is 27.6 Å². The molecule has 4 aromatic rings. The van der Waals surface area contributed by atoms with Crippen LogP contribution in [0.15, 0.2) is 65.8 Å². The number of aromatic nitrogens is 3. The average Bonchev–Trinajstić information content (AvgIpc) is 2.78. The van der Waals surface area contributed by atoms with E-state index in [1.165, 1.54) is 24.2 Å². The Labute approximate surface area is 187 Å². The number of H-pyrrole nitrogens is 1. The van der Waals surface area contributed by atoms with Crippen LogP contribution < -0.4 is 5.56 Å². The summed E-state index contributed by atoms with van der Waals surface area (Å²) < 4.78 is 0. The molecule has 0 fully saturated rings. The van der Waals surface area contributed by atoms with Gasteiger partial charge < -0.3 is 9.88 Å². The highest BCUT2D eigenvalue weighted by atomic mass is 16.2. The molecule has 6 nitrogen and oxygen atoms in total. The van der Waals surface area contributed by atoms with E-state index in [9.17, 15) is 9.59 Å². The molecule has 0 aliphatic rings. The number of aryl methyl sites for hydroxylation is 3. The Bertz CT molecular complexity index is 1330. The van der Waals surface area contributed by atoms with Gasteiger partial charge in [0, 0.05) is 30.0 Å². The van der Waals surface area contributed by atoms with Gasteiger partial charge in [-0.2, -0.15) is 0 Å². The Morgan fingerprint density at radius 2 is 1.84 bits per heavy atom. The van der Waals surface area contributed by atoms with Crippen molar-refractivity contribution in [2.45, 2.75) is 33.7 Å². The number of aromatic amines is 1. The maximum atomic E-state index is 13.2. The molecule has 1 N–H and O–H groups in total. The molecule has 32 heavy (non-hydrogen) atoms. The topological polar surface area (TPSA) is 79.0 Å². The van der Waals surface area contributed by atoms with Crippen molar-refractivity contribution in [3.63, 3.8) is 0 Å². The normalized spacial score (nSPS) is 11.0.